The number of thiazole rings is 1. The number of aliphatic hydroxyl groups is 1. The molecule has 0 saturated carbocycles. The lowest BCUT2D eigenvalue weighted by Crippen LogP contribution is -2.50. The van der Waals surface area contributed by atoms with E-state index in [9.17, 15) is 23.1 Å². The number of ether oxygens (including phenoxy) is 1. The van der Waals surface area contributed by atoms with E-state index in [-0.39, 0.29) is 64.9 Å². The van der Waals surface area contributed by atoms with Crippen LogP contribution in [0.5, 0.6) is 5.75 Å². The Morgan fingerprint density at radius 3 is 2.58 bits per heavy atom. The van der Waals surface area contributed by atoms with Crippen molar-refractivity contribution in [3.63, 3.8) is 0 Å². The van der Waals surface area contributed by atoms with Gasteiger partial charge < -0.3 is 24.6 Å². The van der Waals surface area contributed by atoms with Crippen LogP contribution in [0.15, 0.2) is 63.5 Å². The molecule has 3 atom stereocenters. The minimum Gasteiger partial charge on any atom is -0.486 e. The van der Waals surface area contributed by atoms with Gasteiger partial charge in [-0.05, 0) is 45.0 Å². The summed E-state index contributed by atoms with van der Waals surface area (Å²) in [5, 5.41) is 19.3. The van der Waals surface area contributed by atoms with E-state index in [0.717, 1.165) is 10.6 Å². The number of aliphatic hydroxyl groups excluding tert-OH is 1. The van der Waals surface area contributed by atoms with Gasteiger partial charge in [0.05, 0.1) is 30.4 Å². The van der Waals surface area contributed by atoms with Gasteiger partial charge in [0, 0.05) is 42.2 Å². The molecule has 2 N–H and O–H groups in total. The molecule has 0 spiro atoms. The Morgan fingerprint density at radius 1 is 1.22 bits per heavy atom. The van der Waals surface area contributed by atoms with Crippen molar-refractivity contribution in [3.8, 4) is 16.3 Å². The number of rotatable bonds is 9. The average Bonchev–Trinajstić information content (AvgIpc) is 3.68. The van der Waals surface area contributed by atoms with Crippen LogP contribution in [0.1, 0.15) is 46.0 Å². The molecule has 3 heterocycles. The van der Waals surface area contributed by atoms with Crippen molar-refractivity contribution in [1.82, 2.24) is 19.3 Å². The highest BCUT2D eigenvalue weighted by atomic mass is 32.2. The third kappa shape index (κ3) is 6.50. The number of fused-ring (bicyclic) bond motifs is 1. The van der Waals surface area contributed by atoms with Crippen molar-refractivity contribution in [2.24, 2.45) is 5.92 Å². The van der Waals surface area contributed by atoms with Gasteiger partial charge in [-0.15, -0.1) is 11.3 Å². The maximum Gasteiger partial charge on any atom is 0.258 e. The van der Waals surface area contributed by atoms with E-state index in [1.165, 1.54) is 29.6 Å². The number of benzene rings is 2. The molecule has 4 aromatic rings. The Labute approximate surface area is 265 Å². The quantitative estimate of drug-likeness (QED) is 0.270. The van der Waals surface area contributed by atoms with Crippen LogP contribution in [0.4, 0.5) is 5.69 Å². The third-order valence-corrected chi connectivity index (χ3v) is 10.7. The zero-order valence-corrected chi connectivity index (χ0v) is 27.2. The van der Waals surface area contributed by atoms with Crippen LogP contribution in [0, 0.1) is 19.8 Å². The van der Waals surface area contributed by atoms with Crippen LogP contribution in [0.25, 0.3) is 10.6 Å². The first-order chi connectivity index (χ1) is 21.4. The predicted octanol–water partition coefficient (Wildman–Crippen LogP) is 4.21. The Balaban J connectivity index is 1.49. The van der Waals surface area contributed by atoms with Crippen molar-refractivity contribution >= 4 is 38.9 Å². The fourth-order valence-corrected chi connectivity index (χ4v) is 7.35. The molecule has 0 bridgehead atoms. The summed E-state index contributed by atoms with van der Waals surface area (Å²) in [7, 11) is -2.56. The molecule has 0 unspecified atom stereocenters. The average molecular weight is 654 g/mol. The van der Waals surface area contributed by atoms with Crippen molar-refractivity contribution < 1.29 is 32.4 Å². The van der Waals surface area contributed by atoms with Gasteiger partial charge >= 0.3 is 0 Å². The van der Waals surface area contributed by atoms with Crippen LogP contribution < -0.4 is 10.1 Å². The summed E-state index contributed by atoms with van der Waals surface area (Å²) in [5.41, 5.74) is 1.94. The number of hydrogen-bond donors (Lipinski definition) is 2. The molecule has 1 aliphatic rings. The fourth-order valence-electron chi connectivity index (χ4n) is 5.23. The topological polar surface area (TPSA) is 155 Å². The summed E-state index contributed by atoms with van der Waals surface area (Å²) < 4.78 is 39.9. The summed E-state index contributed by atoms with van der Waals surface area (Å²) in [4.78, 5) is 33.0. The molecule has 12 nitrogen and oxygen atoms in total. The second-order valence-electron chi connectivity index (χ2n) is 11.1. The number of nitrogens with zero attached hydrogens (tertiary/aromatic N) is 4. The summed E-state index contributed by atoms with van der Waals surface area (Å²) in [6, 6.07) is 11.3. The monoisotopic (exact) mass is 653 g/mol. The van der Waals surface area contributed by atoms with Crippen molar-refractivity contribution in [2.45, 2.75) is 44.7 Å². The summed E-state index contributed by atoms with van der Waals surface area (Å²) in [6.07, 6.45) is 0.965. The first-order valence-electron chi connectivity index (χ1n) is 14.3. The molecular weight excluding hydrogens is 619 g/mol. The van der Waals surface area contributed by atoms with E-state index in [0.29, 0.717) is 5.56 Å². The summed E-state index contributed by atoms with van der Waals surface area (Å²) >= 11 is 1.49. The molecule has 238 valence electrons. The van der Waals surface area contributed by atoms with Gasteiger partial charge in [0.25, 0.3) is 11.8 Å². The van der Waals surface area contributed by atoms with E-state index in [4.69, 9.17) is 9.26 Å². The van der Waals surface area contributed by atoms with Gasteiger partial charge in [0.1, 0.15) is 21.7 Å². The number of anilines is 1. The van der Waals surface area contributed by atoms with Gasteiger partial charge in [-0.2, -0.15) is 4.31 Å². The van der Waals surface area contributed by atoms with Gasteiger partial charge in [-0.1, -0.05) is 30.3 Å². The maximum atomic E-state index is 13.8. The smallest absolute Gasteiger partial charge is 0.258 e. The molecule has 0 aliphatic carbocycles. The van der Waals surface area contributed by atoms with Crippen LogP contribution in [0.2, 0.25) is 0 Å². The predicted molar refractivity (Wildman–Crippen MR) is 169 cm³/mol. The van der Waals surface area contributed by atoms with Crippen LogP contribution >= 0.6 is 11.3 Å². The SMILES string of the molecule is Cc1noc(C)c1S(=O)(=O)N(C)C[C@@H]1Oc2c(NC(=O)c3ccc(-c4nccs4)cc3)cccc2C(=O)N([C@@H](C)CO)C[C@H]1C. The van der Waals surface area contributed by atoms with Gasteiger partial charge in [0.2, 0.25) is 10.0 Å². The standard InChI is InChI=1S/C31H35N5O7S2/c1-18-15-36(19(2)17-37)31(39)24-7-6-8-25(33-29(38)22-9-11-23(12-10-22)30-32-13-14-44-30)27(24)42-26(18)16-35(5)45(40,41)28-20(3)34-43-21(28)4/h6-14,18-19,26,37H,15-17H2,1-5H3,(H,33,38)/t18-,19+,26+/m1/s1. The minimum atomic E-state index is -4.01. The van der Waals surface area contributed by atoms with E-state index < -0.39 is 28.1 Å². The second kappa shape index (κ2) is 13.1. The highest BCUT2D eigenvalue weighted by molar-refractivity contribution is 7.89. The number of likely N-dealkylation sites (N-methyl/N-ethyl adjacent to an activating group) is 1. The molecule has 2 aromatic carbocycles. The maximum absolute atomic E-state index is 13.8. The summed E-state index contributed by atoms with van der Waals surface area (Å²) in [5.74, 6) is -0.881. The number of amides is 2. The number of aryl methyl sites for hydroxylation is 2. The molecular formula is C31H35N5O7S2. The number of nitrogens with one attached hydrogen (secondary N) is 1. The molecule has 2 amide bonds. The molecule has 45 heavy (non-hydrogen) atoms. The number of carbonyl (C=O) groups excluding carboxylic acids is 2. The molecule has 1 aliphatic heterocycles. The van der Waals surface area contributed by atoms with Crippen LogP contribution in [-0.2, 0) is 10.0 Å². The zero-order valence-electron chi connectivity index (χ0n) is 25.6. The Kier molecular flexibility index (Phi) is 9.39. The van der Waals surface area contributed by atoms with E-state index in [1.807, 2.05) is 24.4 Å². The zero-order chi connectivity index (χ0) is 32.5. The molecule has 0 fully saturated rings. The number of sulfonamides is 1. The molecule has 2 aromatic heterocycles. The number of hydrogen-bond acceptors (Lipinski definition) is 10. The number of aromatic nitrogens is 2. The highest BCUT2D eigenvalue weighted by Gasteiger charge is 2.37. The molecule has 5 rings (SSSR count). The lowest BCUT2D eigenvalue weighted by atomic mass is 9.99. The van der Waals surface area contributed by atoms with Gasteiger partial charge in [-0.25, -0.2) is 13.4 Å². The van der Waals surface area contributed by atoms with Gasteiger partial charge in [-0.3, -0.25) is 9.59 Å². The van der Waals surface area contributed by atoms with E-state index in [2.05, 4.69) is 15.5 Å². The Bertz CT molecular complexity index is 1770. The van der Waals surface area contributed by atoms with E-state index >= 15 is 0 Å². The first kappa shape index (κ1) is 32.3. The largest absolute Gasteiger partial charge is 0.486 e. The third-order valence-electron chi connectivity index (χ3n) is 7.84. The molecule has 14 heteroatoms. The van der Waals surface area contributed by atoms with Crippen LogP contribution in [0.3, 0.4) is 0 Å². The van der Waals surface area contributed by atoms with Crippen molar-refractivity contribution in [2.75, 3.05) is 32.1 Å². The number of carbonyl (C=O) groups is 2. The second-order valence-corrected chi connectivity index (χ2v) is 14.0. The lowest BCUT2D eigenvalue weighted by molar-refractivity contribution is 0.0388. The van der Waals surface area contributed by atoms with E-state index in [1.54, 1.807) is 55.3 Å². The van der Waals surface area contributed by atoms with Gasteiger partial charge in [0.15, 0.2) is 11.5 Å². The van der Waals surface area contributed by atoms with Crippen LogP contribution in [-0.4, -0.2) is 83.6 Å². The minimum absolute atomic E-state index is 0.0107. The lowest BCUT2D eigenvalue weighted by Gasteiger charge is -2.38. The number of para-hydroxylation sites is 1. The highest BCUT2D eigenvalue weighted by Crippen LogP contribution is 2.36. The Morgan fingerprint density at radius 2 is 1.96 bits per heavy atom. The Hall–Kier alpha value is -4.11. The normalized spacial score (nSPS) is 17.8. The molecule has 0 radical (unpaired) electrons. The molecule has 0 saturated heterocycles. The fraction of sp³-hybridized carbons (Fsp3) is 0.355. The summed E-state index contributed by atoms with van der Waals surface area (Å²) in [6.45, 7) is 6.53. The van der Waals surface area contributed by atoms with Crippen molar-refractivity contribution in [3.05, 3.63) is 76.6 Å². The first-order valence-corrected chi connectivity index (χ1v) is 16.7. The van der Waals surface area contributed by atoms with Crippen molar-refractivity contribution in [1.29, 1.82) is 0 Å².